The van der Waals surface area contributed by atoms with E-state index < -0.39 is 11.4 Å². The van der Waals surface area contributed by atoms with Gasteiger partial charge in [-0.15, -0.1) is 0 Å². The Morgan fingerprint density at radius 3 is 1.84 bits per heavy atom. The van der Waals surface area contributed by atoms with Crippen molar-refractivity contribution in [3.63, 3.8) is 0 Å². The number of carboxylic acid groups (broad SMARTS) is 1. The summed E-state index contributed by atoms with van der Waals surface area (Å²) in [6.07, 6.45) is 6.66. The average Bonchev–Trinajstić information content (AvgIpc) is 3.72. The molecule has 8 rings (SSSR count). The maximum absolute atomic E-state index is 13.8. The molecule has 4 aliphatic rings. The fraction of sp³-hybridized carbons (Fsp3) is 0.500. The molecule has 4 aromatic rings. The number of nitrogens with zero attached hydrogens (tertiary/aromatic N) is 6. The minimum Gasteiger partial charge on any atom is -0.481 e. The van der Waals surface area contributed by atoms with Crippen LogP contribution < -0.4 is 10.6 Å². The highest BCUT2D eigenvalue weighted by Gasteiger charge is 2.40. The molecule has 2 amide bonds. The monoisotopic (exact) mass is 782 g/mol. The fourth-order valence-electron chi connectivity index (χ4n) is 9.25. The van der Waals surface area contributed by atoms with Gasteiger partial charge in [-0.3, -0.25) is 24.2 Å². The van der Waals surface area contributed by atoms with Crippen LogP contribution in [0.25, 0.3) is 11.1 Å². The minimum absolute atomic E-state index is 0.271. The molecular weight excluding hydrogens is 732 g/mol. The van der Waals surface area contributed by atoms with Gasteiger partial charge in [-0.25, -0.2) is 9.97 Å². The van der Waals surface area contributed by atoms with Crippen molar-refractivity contribution in [1.29, 1.82) is 0 Å². The number of amides is 2. The Bertz CT molecular complexity index is 2180. The molecule has 3 aliphatic heterocycles. The Balaban J connectivity index is 0.952. The van der Waals surface area contributed by atoms with Gasteiger partial charge in [0.1, 0.15) is 0 Å². The Labute approximate surface area is 332 Å². The molecule has 0 bridgehead atoms. The first-order valence-corrected chi connectivity index (χ1v) is 20.2. The summed E-state index contributed by atoms with van der Waals surface area (Å²) in [7, 11) is 3.79. The number of carboxylic acids is 1. The zero-order valence-electron chi connectivity index (χ0n) is 32.7. The van der Waals surface area contributed by atoms with E-state index in [2.05, 4.69) is 20.4 Å². The third-order valence-corrected chi connectivity index (χ3v) is 13.3. The van der Waals surface area contributed by atoms with Crippen molar-refractivity contribution in [2.75, 3.05) is 36.9 Å². The van der Waals surface area contributed by atoms with Crippen molar-refractivity contribution in [3.05, 3.63) is 81.4 Å². The summed E-state index contributed by atoms with van der Waals surface area (Å²) < 4.78 is 9.37. The van der Waals surface area contributed by atoms with Crippen molar-refractivity contribution >= 4 is 40.8 Å². The highest BCUT2D eigenvalue weighted by Crippen LogP contribution is 2.40. The molecule has 2 fully saturated rings. The van der Waals surface area contributed by atoms with E-state index in [1.165, 1.54) is 0 Å². The highest BCUT2D eigenvalue weighted by atomic mass is 35.5. The van der Waals surface area contributed by atoms with Crippen LogP contribution in [0.1, 0.15) is 95.0 Å². The number of benzene rings is 2. The second-order valence-electron chi connectivity index (χ2n) is 16.2. The summed E-state index contributed by atoms with van der Waals surface area (Å²) in [4.78, 5) is 53.8. The van der Waals surface area contributed by atoms with Crippen LogP contribution in [0.5, 0.6) is 0 Å². The molecule has 1 saturated carbocycles. The molecule has 5 heterocycles. The molecule has 13 nitrogen and oxygen atoms in total. The topological polar surface area (TPSA) is 147 Å². The second kappa shape index (κ2) is 15.4. The number of nitrogens with one attached hydrogen (secondary N) is 2. The predicted octanol–water partition coefficient (Wildman–Crippen LogP) is 6.22. The number of aromatic nitrogens is 4. The Kier molecular flexibility index (Phi) is 10.5. The van der Waals surface area contributed by atoms with E-state index in [-0.39, 0.29) is 11.8 Å². The number of ether oxygens (including phenoxy) is 1. The number of hydrogen-bond donors (Lipinski definition) is 3. The van der Waals surface area contributed by atoms with Crippen molar-refractivity contribution in [2.24, 2.45) is 19.5 Å². The largest absolute Gasteiger partial charge is 0.481 e. The number of aliphatic carboxylic acids is 1. The zero-order chi connectivity index (χ0) is 39.3. The lowest BCUT2D eigenvalue weighted by atomic mass is 9.73. The first-order valence-electron chi connectivity index (χ1n) is 19.8. The van der Waals surface area contributed by atoms with Gasteiger partial charge in [0.05, 0.1) is 27.5 Å². The number of carbonyl (C=O) groups is 3. The van der Waals surface area contributed by atoms with Crippen LogP contribution in [-0.2, 0) is 49.6 Å². The summed E-state index contributed by atoms with van der Waals surface area (Å²) >= 11 is 7.04. The molecule has 2 aromatic heterocycles. The van der Waals surface area contributed by atoms with Gasteiger partial charge in [-0.05, 0) is 75.6 Å². The zero-order valence-corrected chi connectivity index (χ0v) is 33.4. The molecule has 296 valence electrons. The maximum Gasteiger partial charge on any atom is 0.309 e. The third kappa shape index (κ3) is 7.14. The van der Waals surface area contributed by atoms with Crippen molar-refractivity contribution in [1.82, 2.24) is 28.9 Å². The van der Waals surface area contributed by atoms with Crippen molar-refractivity contribution < 1.29 is 24.2 Å². The van der Waals surface area contributed by atoms with Crippen LogP contribution >= 0.6 is 11.6 Å². The van der Waals surface area contributed by atoms with E-state index in [4.69, 9.17) is 26.3 Å². The number of anilines is 2. The van der Waals surface area contributed by atoms with E-state index >= 15 is 0 Å². The lowest BCUT2D eigenvalue weighted by molar-refractivity contribution is -0.150. The summed E-state index contributed by atoms with van der Waals surface area (Å²) in [5, 5.41) is 16.2. The van der Waals surface area contributed by atoms with Gasteiger partial charge >= 0.3 is 5.97 Å². The lowest BCUT2D eigenvalue weighted by Crippen LogP contribution is -2.44. The first-order chi connectivity index (χ1) is 26.9. The second-order valence-corrected chi connectivity index (χ2v) is 16.6. The summed E-state index contributed by atoms with van der Waals surface area (Å²) in [6, 6.07) is 12.0. The van der Waals surface area contributed by atoms with E-state index in [0.717, 1.165) is 111 Å². The molecule has 1 saturated heterocycles. The van der Waals surface area contributed by atoms with Crippen LogP contribution in [0, 0.1) is 12.3 Å². The van der Waals surface area contributed by atoms with Crippen molar-refractivity contribution in [3.8, 4) is 11.1 Å². The molecule has 0 spiro atoms. The number of imidazole rings is 2. The molecule has 14 heteroatoms. The highest BCUT2D eigenvalue weighted by molar-refractivity contribution is 6.36. The SMILES string of the molecule is Cc1c(NC(=O)c2nc3c(n2C)CCN(C2CCOCC2)C3)cccc1-c1cccc(NC(=O)c2nc3c(n2C)CCN(C2CCC(C)(C(=O)O)CC2)C3)c1Cl. The summed E-state index contributed by atoms with van der Waals surface area (Å²) in [5.74, 6) is -0.639. The van der Waals surface area contributed by atoms with Crippen LogP contribution in [-0.4, -0.2) is 90.2 Å². The van der Waals surface area contributed by atoms with Gasteiger partial charge in [0.25, 0.3) is 11.8 Å². The van der Waals surface area contributed by atoms with Crippen LogP contribution in [0.2, 0.25) is 5.02 Å². The molecule has 0 unspecified atom stereocenters. The molecule has 0 radical (unpaired) electrons. The molecule has 1 aliphatic carbocycles. The predicted molar refractivity (Wildman–Crippen MR) is 214 cm³/mol. The molecule has 3 N–H and O–H groups in total. The fourth-order valence-corrected chi connectivity index (χ4v) is 9.53. The number of halogens is 1. The van der Waals surface area contributed by atoms with Gasteiger partial charge < -0.3 is 29.6 Å². The standard InChI is InChI=1S/C42H51ClN8O5/c1-25-28(7-5-9-30(25)46-39(52)37-44-33-24-51(20-14-35(33)48(37)3)27-15-21-56-22-16-27)29-8-6-10-31(36(29)43)47-40(53)38-45-32-23-50(19-13-34(32)49(38)4)26-11-17-42(2,18-12-26)41(54)55/h5-10,26-27H,11-24H2,1-4H3,(H,46,52)(H,47,53)(H,54,55). The van der Waals surface area contributed by atoms with Crippen LogP contribution in [0.4, 0.5) is 11.4 Å². The van der Waals surface area contributed by atoms with Gasteiger partial charge in [-0.2, -0.15) is 0 Å². The lowest BCUT2D eigenvalue weighted by Gasteiger charge is -2.41. The van der Waals surface area contributed by atoms with E-state index in [1.807, 2.05) is 67.4 Å². The third-order valence-electron chi connectivity index (χ3n) is 12.9. The smallest absolute Gasteiger partial charge is 0.309 e. The minimum atomic E-state index is -0.715. The average molecular weight is 783 g/mol. The quantitative estimate of drug-likeness (QED) is 0.190. The van der Waals surface area contributed by atoms with Gasteiger partial charge in [0, 0.05) is 101 Å². The van der Waals surface area contributed by atoms with E-state index in [1.54, 1.807) is 6.07 Å². The van der Waals surface area contributed by atoms with Gasteiger partial charge in [-0.1, -0.05) is 35.9 Å². The van der Waals surface area contributed by atoms with E-state index in [9.17, 15) is 19.5 Å². The number of carbonyl (C=O) groups excluding carboxylic acids is 2. The van der Waals surface area contributed by atoms with Gasteiger partial charge in [0.2, 0.25) is 0 Å². The Morgan fingerprint density at radius 1 is 0.786 bits per heavy atom. The Hall–Kier alpha value is -4.56. The normalized spacial score (nSPS) is 22.0. The van der Waals surface area contributed by atoms with Crippen molar-refractivity contribution in [2.45, 2.75) is 90.4 Å². The Morgan fingerprint density at radius 2 is 1.29 bits per heavy atom. The number of fused-ring (bicyclic) bond motifs is 2. The molecule has 0 atom stereocenters. The van der Waals surface area contributed by atoms with E-state index in [0.29, 0.717) is 59.5 Å². The number of rotatable bonds is 8. The van der Waals surface area contributed by atoms with Gasteiger partial charge in [0.15, 0.2) is 11.6 Å². The molecule has 2 aromatic carbocycles. The van der Waals surface area contributed by atoms with Crippen LogP contribution in [0.3, 0.4) is 0 Å². The first kappa shape index (κ1) is 38.3. The maximum atomic E-state index is 13.8. The van der Waals surface area contributed by atoms with Crippen LogP contribution in [0.15, 0.2) is 36.4 Å². The summed E-state index contributed by atoms with van der Waals surface area (Å²) in [5.41, 5.74) is 6.83. The number of hydrogen-bond acceptors (Lipinski definition) is 8. The molecular formula is C42H51ClN8O5. The summed E-state index contributed by atoms with van der Waals surface area (Å²) in [6.45, 7) is 8.53. The molecule has 56 heavy (non-hydrogen) atoms.